The number of rotatable bonds is 6. The van der Waals surface area contributed by atoms with Gasteiger partial charge in [-0.25, -0.2) is 4.98 Å². The van der Waals surface area contributed by atoms with Crippen molar-refractivity contribution in [2.45, 2.75) is 25.7 Å². The van der Waals surface area contributed by atoms with E-state index in [-0.39, 0.29) is 0 Å². The number of hydrogen-bond acceptors (Lipinski definition) is 3. The van der Waals surface area contributed by atoms with E-state index < -0.39 is 0 Å². The Bertz CT molecular complexity index is 478. The number of H-pyrrole nitrogens is 1. The molecule has 0 unspecified atom stereocenters. The van der Waals surface area contributed by atoms with Crippen molar-refractivity contribution in [2.75, 3.05) is 6.54 Å². The van der Waals surface area contributed by atoms with Crippen LogP contribution in [0.2, 0.25) is 0 Å². The molecule has 1 aromatic heterocycles. The Hall–Kier alpha value is -1.20. The summed E-state index contributed by atoms with van der Waals surface area (Å²) in [4.78, 5) is 4.49. The van der Waals surface area contributed by atoms with Crippen LogP contribution < -0.4 is 5.73 Å². The molecule has 0 fully saturated rings. The summed E-state index contributed by atoms with van der Waals surface area (Å²) in [6.07, 6.45) is 4.26. The summed E-state index contributed by atoms with van der Waals surface area (Å²) in [5.41, 5.74) is 6.49. The van der Waals surface area contributed by atoms with E-state index in [2.05, 4.69) is 31.1 Å². The molecule has 0 saturated heterocycles. The Kier molecular flexibility index (Phi) is 4.90. The summed E-state index contributed by atoms with van der Waals surface area (Å²) in [5, 5.41) is 7.23. The average molecular weight is 309 g/mol. The summed E-state index contributed by atoms with van der Waals surface area (Å²) in [5.74, 6) is 1.71. The van der Waals surface area contributed by atoms with E-state index in [1.807, 2.05) is 24.3 Å². The molecule has 0 aliphatic carbocycles. The van der Waals surface area contributed by atoms with Gasteiger partial charge in [0.05, 0.1) is 0 Å². The quantitative estimate of drug-likeness (QED) is 0.806. The van der Waals surface area contributed by atoms with Gasteiger partial charge in [-0.2, -0.15) is 5.10 Å². The van der Waals surface area contributed by atoms with Gasteiger partial charge in [-0.1, -0.05) is 34.5 Å². The van der Waals surface area contributed by atoms with Crippen molar-refractivity contribution in [3.8, 4) is 11.4 Å². The Morgan fingerprint density at radius 1 is 1.11 bits per heavy atom. The minimum absolute atomic E-state index is 0.760. The molecule has 0 amide bonds. The second-order valence-electron chi connectivity index (χ2n) is 4.21. The molecule has 4 nitrogen and oxygen atoms in total. The number of unbranched alkanes of at least 4 members (excludes halogenated alkanes) is 2. The third-order valence-corrected chi connectivity index (χ3v) is 3.28. The van der Waals surface area contributed by atoms with Gasteiger partial charge in [-0.05, 0) is 31.5 Å². The fourth-order valence-corrected chi connectivity index (χ4v) is 2.01. The van der Waals surface area contributed by atoms with Gasteiger partial charge in [0.25, 0.3) is 0 Å². The first-order valence-corrected chi connectivity index (χ1v) is 6.96. The first kappa shape index (κ1) is 13.2. The minimum atomic E-state index is 0.760. The summed E-state index contributed by atoms with van der Waals surface area (Å²) >= 11 is 3.41. The lowest BCUT2D eigenvalue weighted by atomic mass is 10.2. The third-order valence-electron chi connectivity index (χ3n) is 2.75. The van der Waals surface area contributed by atoms with Crippen LogP contribution in [0, 0.1) is 0 Å². The van der Waals surface area contributed by atoms with Crippen molar-refractivity contribution in [1.82, 2.24) is 15.2 Å². The van der Waals surface area contributed by atoms with Gasteiger partial charge in [-0.3, -0.25) is 5.10 Å². The van der Waals surface area contributed by atoms with E-state index in [0.717, 1.165) is 53.9 Å². The molecule has 0 spiro atoms. The zero-order valence-corrected chi connectivity index (χ0v) is 11.8. The van der Waals surface area contributed by atoms with Crippen molar-refractivity contribution in [3.05, 3.63) is 34.6 Å². The van der Waals surface area contributed by atoms with Crippen LogP contribution in [0.25, 0.3) is 11.4 Å². The van der Waals surface area contributed by atoms with Crippen LogP contribution in [-0.2, 0) is 6.42 Å². The first-order valence-electron chi connectivity index (χ1n) is 6.17. The van der Waals surface area contributed by atoms with Crippen LogP contribution in [0.3, 0.4) is 0 Å². The summed E-state index contributed by atoms with van der Waals surface area (Å²) in [7, 11) is 0. The Morgan fingerprint density at radius 2 is 1.89 bits per heavy atom. The number of aromatic amines is 1. The van der Waals surface area contributed by atoms with E-state index in [1.54, 1.807) is 0 Å². The SMILES string of the molecule is NCCCCCc1nc(-c2ccc(Br)cc2)n[nH]1. The van der Waals surface area contributed by atoms with Gasteiger partial charge in [-0.15, -0.1) is 0 Å². The average Bonchev–Trinajstić information content (AvgIpc) is 2.84. The number of nitrogens with two attached hydrogens (primary N) is 1. The highest BCUT2D eigenvalue weighted by atomic mass is 79.9. The Balaban J connectivity index is 1.95. The molecule has 0 radical (unpaired) electrons. The lowest BCUT2D eigenvalue weighted by Crippen LogP contribution is -1.98. The number of nitrogens with one attached hydrogen (secondary N) is 1. The number of halogens is 1. The van der Waals surface area contributed by atoms with Crippen LogP contribution >= 0.6 is 15.9 Å². The van der Waals surface area contributed by atoms with Crippen molar-refractivity contribution >= 4 is 15.9 Å². The third kappa shape index (κ3) is 3.65. The van der Waals surface area contributed by atoms with Crippen LogP contribution in [0.1, 0.15) is 25.1 Å². The van der Waals surface area contributed by atoms with Gasteiger partial charge in [0, 0.05) is 16.5 Å². The molecule has 2 aromatic rings. The van der Waals surface area contributed by atoms with Gasteiger partial charge in [0.15, 0.2) is 5.82 Å². The van der Waals surface area contributed by atoms with Gasteiger partial charge < -0.3 is 5.73 Å². The Morgan fingerprint density at radius 3 is 2.61 bits per heavy atom. The monoisotopic (exact) mass is 308 g/mol. The van der Waals surface area contributed by atoms with E-state index in [1.165, 1.54) is 0 Å². The predicted molar refractivity (Wildman–Crippen MR) is 76.1 cm³/mol. The van der Waals surface area contributed by atoms with Gasteiger partial charge >= 0.3 is 0 Å². The fourth-order valence-electron chi connectivity index (χ4n) is 1.75. The second-order valence-corrected chi connectivity index (χ2v) is 5.13. The summed E-state index contributed by atoms with van der Waals surface area (Å²) in [6.45, 7) is 0.764. The van der Waals surface area contributed by atoms with E-state index in [9.17, 15) is 0 Å². The molecule has 0 aliphatic rings. The smallest absolute Gasteiger partial charge is 0.181 e. The molecule has 0 saturated carbocycles. The standard InChI is InChI=1S/C13H17BrN4/c14-11-7-5-10(6-8-11)13-16-12(17-18-13)4-2-1-3-9-15/h5-8H,1-4,9,15H2,(H,16,17,18). The van der Waals surface area contributed by atoms with E-state index in [4.69, 9.17) is 5.73 Å². The van der Waals surface area contributed by atoms with Crippen LogP contribution in [0.4, 0.5) is 0 Å². The summed E-state index contributed by atoms with van der Waals surface area (Å²) in [6, 6.07) is 8.00. The maximum atomic E-state index is 5.46. The molecule has 0 atom stereocenters. The maximum Gasteiger partial charge on any atom is 0.181 e. The highest BCUT2D eigenvalue weighted by molar-refractivity contribution is 9.10. The van der Waals surface area contributed by atoms with E-state index >= 15 is 0 Å². The summed E-state index contributed by atoms with van der Waals surface area (Å²) < 4.78 is 1.06. The predicted octanol–water partition coefficient (Wildman–Crippen LogP) is 2.91. The molecule has 5 heteroatoms. The second kappa shape index (κ2) is 6.66. The molecule has 1 aromatic carbocycles. The van der Waals surface area contributed by atoms with Crippen molar-refractivity contribution in [1.29, 1.82) is 0 Å². The number of benzene rings is 1. The van der Waals surface area contributed by atoms with Crippen LogP contribution in [0.5, 0.6) is 0 Å². The van der Waals surface area contributed by atoms with Gasteiger partial charge in [0.2, 0.25) is 0 Å². The van der Waals surface area contributed by atoms with Crippen molar-refractivity contribution in [2.24, 2.45) is 5.73 Å². The zero-order chi connectivity index (χ0) is 12.8. The molecule has 96 valence electrons. The molecule has 18 heavy (non-hydrogen) atoms. The molecule has 3 N–H and O–H groups in total. The molecule has 0 bridgehead atoms. The number of hydrogen-bond donors (Lipinski definition) is 2. The maximum absolute atomic E-state index is 5.46. The number of nitrogens with zero attached hydrogens (tertiary/aromatic N) is 2. The molecular formula is C13H17BrN4. The van der Waals surface area contributed by atoms with Crippen LogP contribution in [-0.4, -0.2) is 21.7 Å². The van der Waals surface area contributed by atoms with Gasteiger partial charge in [0.1, 0.15) is 5.82 Å². The minimum Gasteiger partial charge on any atom is -0.330 e. The molecule has 0 aliphatic heterocycles. The van der Waals surface area contributed by atoms with Crippen LogP contribution in [0.15, 0.2) is 28.7 Å². The first-order chi connectivity index (χ1) is 8.79. The van der Waals surface area contributed by atoms with Crippen molar-refractivity contribution in [3.63, 3.8) is 0 Å². The Labute approximate surface area is 115 Å². The molecule has 2 rings (SSSR count). The van der Waals surface area contributed by atoms with Crippen molar-refractivity contribution < 1.29 is 0 Å². The van der Waals surface area contributed by atoms with E-state index in [0.29, 0.717) is 0 Å². The fraction of sp³-hybridized carbons (Fsp3) is 0.385. The molecule has 1 heterocycles. The number of aryl methyl sites for hydroxylation is 1. The normalized spacial score (nSPS) is 10.8. The lowest BCUT2D eigenvalue weighted by Gasteiger charge is -1.96. The topological polar surface area (TPSA) is 67.6 Å². The number of aromatic nitrogens is 3. The largest absolute Gasteiger partial charge is 0.330 e. The molecular weight excluding hydrogens is 292 g/mol. The zero-order valence-electron chi connectivity index (χ0n) is 10.2. The highest BCUT2D eigenvalue weighted by Crippen LogP contribution is 2.18. The highest BCUT2D eigenvalue weighted by Gasteiger charge is 2.05. The lowest BCUT2D eigenvalue weighted by molar-refractivity contribution is 0.670.